The second kappa shape index (κ2) is 6.63. The number of aromatic nitrogens is 2. The van der Waals surface area contributed by atoms with Gasteiger partial charge in [-0.1, -0.05) is 12.1 Å². The van der Waals surface area contributed by atoms with Crippen LogP contribution in [0, 0.1) is 0 Å². The Kier molecular flexibility index (Phi) is 4.38. The smallest absolute Gasteiger partial charge is 0.325 e. The zero-order chi connectivity index (χ0) is 18.0. The number of amides is 2. The monoisotopic (exact) mass is 344 g/mol. The van der Waals surface area contributed by atoms with Crippen LogP contribution in [0.4, 0.5) is 11.5 Å². The summed E-state index contributed by atoms with van der Waals surface area (Å²) in [4.78, 5) is 36.6. The van der Waals surface area contributed by atoms with Crippen molar-refractivity contribution in [2.75, 3.05) is 16.8 Å². The number of hydrogen-bond donors (Lipinski definition) is 2. The molecule has 0 aliphatic carbocycles. The zero-order valence-electron chi connectivity index (χ0n) is 13.4. The van der Waals surface area contributed by atoms with Gasteiger partial charge in [0.2, 0.25) is 5.91 Å². The molecule has 2 aromatic rings. The summed E-state index contributed by atoms with van der Waals surface area (Å²) in [6, 6.07) is 8.46. The van der Waals surface area contributed by atoms with Crippen molar-refractivity contribution < 1.29 is 24.2 Å². The highest BCUT2D eigenvalue weighted by molar-refractivity contribution is 6.05. The summed E-state index contributed by atoms with van der Waals surface area (Å²) < 4.78 is 6.71. The molecule has 1 aliphatic rings. The summed E-state index contributed by atoms with van der Waals surface area (Å²) >= 11 is 0. The van der Waals surface area contributed by atoms with E-state index in [2.05, 4.69) is 10.4 Å². The maximum absolute atomic E-state index is 12.3. The molecule has 9 nitrogen and oxygen atoms in total. The number of carbonyl (C=O) groups is 3. The molecule has 2 amide bonds. The SMILES string of the molecule is C[C@@H]1Oc2ccccc2N(CC(=O)Nc2ccn(CC(=O)O)n2)C1=O. The Morgan fingerprint density at radius 2 is 2.04 bits per heavy atom. The van der Waals surface area contributed by atoms with Crippen LogP contribution in [-0.2, 0) is 20.9 Å². The highest BCUT2D eigenvalue weighted by Crippen LogP contribution is 2.33. The second-order valence-electron chi connectivity index (χ2n) is 5.49. The van der Waals surface area contributed by atoms with Crippen LogP contribution in [0.1, 0.15) is 6.92 Å². The molecule has 0 saturated heterocycles. The van der Waals surface area contributed by atoms with Crippen LogP contribution in [0.25, 0.3) is 0 Å². The molecule has 3 rings (SSSR count). The predicted molar refractivity (Wildman–Crippen MR) is 87.4 cm³/mol. The fourth-order valence-electron chi connectivity index (χ4n) is 2.50. The highest BCUT2D eigenvalue weighted by Gasteiger charge is 2.32. The lowest BCUT2D eigenvalue weighted by Gasteiger charge is -2.32. The summed E-state index contributed by atoms with van der Waals surface area (Å²) in [5.74, 6) is -1.05. The minimum absolute atomic E-state index is 0.199. The van der Waals surface area contributed by atoms with Crippen molar-refractivity contribution in [3.05, 3.63) is 36.5 Å². The van der Waals surface area contributed by atoms with Gasteiger partial charge in [0.15, 0.2) is 11.9 Å². The number of nitrogens with one attached hydrogen (secondary N) is 1. The first-order valence-corrected chi connectivity index (χ1v) is 7.56. The van der Waals surface area contributed by atoms with Crippen LogP contribution in [0.2, 0.25) is 0 Å². The van der Waals surface area contributed by atoms with E-state index in [1.54, 1.807) is 31.2 Å². The van der Waals surface area contributed by atoms with Crippen LogP contribution in [0.3, 0.4) is 0 Å². The molecule has 9 heteroatoms. The topological polar surface area (TPSA) is 114 Å². The molecule has 1 aromatic heterocycles. The molecular weight excluding hydrogens is 328 g/mol. The van der Waals surface area contributed by atoms with Crippen molar-refractivity contribution in [1.82, 2.24) is 9.78 Å². The average molecular weight is 344 g/mol. The van der Waals surface area contributed by atoms with Crippen molar-refractivity contribution >= 4 is 29.3 Å². The zero-order valence-corrected chi connectivity index (χ0v) is 13.4. The van der Waals surface area contributed by atoms with E-state index in [9.17, 15) is 14.4 Å². The Morgan fingerprint density at radius 3 is 2.80 bits per heavy atom. The first kappa shape index (κ1) is 16.5. The van der Waals surface area contributed by atoms with Gasteiger partial charge in [-0.2, -0.15) is 5.10 Å². The minimum atomic E-state index is -1.04. The number of carboxylic acids is 1. The third-order valence-corrected chi connectivity index (χ3v) is 3.58. The van der Waals surface area contributed by atoms with Crippen LogP contribution < -0.4 is 15.0 Å². The van der Waals surface area contributed by atoms with E-state index in [4.69, 9.17) is 9.84 Å². The lowest BCUT2D eigenvalue weighted by atomic mass is 10.2. The highest BCUT2D eigenvalue weighted by atomic mass is 16.5. The quantitative estimate of drug-likeness (QED) is 0.826. The molecule has 2 heterocycles. The van der Waals surface area contributed by atoms with Crippen LogP contribution in [0.15, 0.2) is 36.5 Å². The maximum Gasteiger partial charge on any atom is 0.325 e. The van der Waals surface area contributed by atoms with Gasteiger partial charge in [0.1, 0.15) is 18.8 Å². The lowest BCUT2D eigenvalue weighted by molar-refractivity contribution is -0.137. The van der Waals surface area contributed by atoms with Gasteiger partial charge in [0, 0.05) is 12.3 Å². The standard InChI is InChI=1S/C16H16N4O5/c1-10-16(24)20(11-4-2-3-5-12(11)25-10)8-14(21)17-13-6-7-19(18-13)9-15(22)23/h2-7,10H,8-9H2,1H3,(H,22,23)(H,17,18,21)/t10-/m0/s1. The molecule has 0 radical (unpaired) electrons. The van der Waals surface area contributed by atoms with Gasteiger partial charge in [-0.3, -0.25) is 24.0 Å². The number of benzene rings is 1. The van der Waals surface area contributed by atoms with Crippen molar-refractivity contribution in [2.24, 2.45) is 0 Å². The predicted octanol–water partition coefficient (Wildman–Crippen LogP) is 0.720. The lowest BCUT2D eigenvalue weighted by Crippen LogP contribution is -2.47. The first-order chi connectivity index (χ1) is 11.9. The van der Waals surface area contributed by atoms with Crippen molar-refractivity contribution in [3.63, 3.8) is 0 Å². The molecule has 0 unspecified atom stereocenters. The Morgan fingerprint density at radius 1 is 1.28 bits per heavy atom. The van der Waals surface area contributed by atoms with Gasteiger partial charge in [-0.15, -0.1) is 0 Å². The number of carboxylic acid groups (broad SMARTS) is 1. The molecule has 0 bridgehead atoms. The van der Waals surface area contributed by atoms with Gasteiger partial charge in [0.05, 0.1) is 5.69 Å². The van der Waals surface area contributed by atoms with Gasteiger partial charge >= 0.3 is 5.97 Å². The van der Waals surface area contributed by atoms with E-state index in [1.807, 2.05) is 0 Å². The number of rotatable bonds is 5. The molecular formula is C16H16N4O5. The van der Waals surface area contributed by atoms with Crippen molar-refractivity contribution in [2.45, 2.75) is 19.6 Å². The normalized spacial score (nSPS) is 16.1. The van der Waals surface area contributed by atoms with Gasteiger partial charge in [-0.05, 0) is 19.1 Å². The Bertz CT molecular complexity index is 831. The minimum Gasteiger partial charge on any atom is -0.480 e. The second-order valence-corrected chi connectivity index (χ2v) is 5.49. The van der Waals surface area contributed by atoms with E-state index in [0.29, 0.717) is 11.4 Å². The number of para-hydroxylation sites is 2. The van der Waals surface area contributed by atoms with Crippen LogP contribution in [0.5, 0.6) is 5.75 Å². The molecule has 0 spiro atoms. The van der Waals surface area contributed by atoms with Gasteiger partial charge < -0.3 is 15.2 Å². The molecule has 1 aromatic carbocycles. The Labute approximate surface area is 142 Å². The fraction of sp³-hybridized carbons (Fsp3) is 0.250. The third-order valence-electron chi connectivity index (χ3n) is 3.58. The number of anilines is 2. The number of fused-ring (bicyclic) bond motifs is 1. The number of nitrogens with zero attached hydrogens (tertiary/aromatic N) is 3. The van der Waals surface area contributed by atoms with E-state index in [-0.39, 0.29) is 24.8 Å². The summed E-state index contributed by atoms with van der Waals surface area (Å²) in [7, 11) is 0. The van der Waals surface area contributed by atoms with Gasteiger partial charge in [-0.25, -0.2) is 0 Å². The maximum atomic E-state index is 12.3. The summed E-state index contributed by atoms with van der Waals surface area (Å²) in [6.45, 7) is 1.12. The number of carbonyl (C=O) groups excluding carboxylic acids is 2. The van der Waals surface area contributed by atoms with Crippen LogP contribution >= 0.6 is 0 Å². The number of ether oxygens (including phenoxy) is 1. The largest absolute Gasteiger partial charge is 0.480 e. The molecule has 1 atom stereocenters. The summed E-state index contributed by atoms with van der Waals surface area (Å²) in [5, 5.41) is 15.2. The molecule has 2 N–H and O–H groups in total. The fourth-order valence-corrected chi connectivity index (χ4v) is 2.50. The molecule has 25 heavy (non-hydrogen) atoms. The Balaban J connectivity index is 1.71. The number of hydrogen-bond acceptors (Lipinski definition) is 5. The van der Waals surface area contributed by atoms with Gasteiger partial charge in [0.25, 0.3) is 5.91 Å². The molecule has 0 saturated carbocycles. The average Bonchev–Trinajstić information content (AvgIpc) is 2.97. The molecule has 0 fully saturated rings. The summed E-state index contributed by atoms with van der Waals surface area (Å²) in [5.41, 5.74) is 0.525. The van der Waals surface area contributed by atoms with E-state index >= 15 is 0 Å². The Hall–Kier alpha value is -3.36. The van der Waals surface area contributed by atoms with Crippen LogP contribution in [-0.4, -0.2) is 45.3 Å². The van der Waals surface area contributed by atoms with E-state index in [1.165, 1.54) is 21.8 Å². The molecule has 130 valence electrons. The number of aliphatic carboxylic acids is 1. The van der Waals surface area contributed by atoms with E-state index < -0.39 is 18.0 Å². The first-order valence-electron chi connectivity index (χ1n) is 7.56. The summed E-state index contributed by atoms with van der Waals surface area (Å²) in [6.07, 6.45) is 0.763. The van der Waals surface area contributed by atoms with Crippen molar-refractivity contribution in [1.29, 1.82) is 0 Å². The van der Waals surface area contributed by atoms with E-state index in [0.717, 1.165) is 0 Å². The van der Waals surface area contributed by atoms with Crippen molar-refractivity contribution in [3.8, 4) is 5.75 Å². The third kappa shape index (κ3) is 3.60. The molecule has 1 aliphatic heterocycles.